The molecule has 1 fully saturated rings. The van der Waals surface area contributed by atoms with E-state index in [1.54, 1.807) is 30.7 Å². The van der Waals surface area contributed by atoms with Gasteiger partial charge in [0.1, 0.15) is 0 Å². The van der Waals surface area contributed by atoms with Crippen molar-refractivity contribution >= 4 is 11.8 Å². The first-order valence-electron chi connectivity index (χ1n) is 6.96. The minimum Gasteiger partial charge on any atom is -0.368 e. The van der Waals surface area contributed by atoms with E-state index < -0.39 is 0 Å². The fourth-order valence-electron chi connectivity index (χ4n) is 2.60. The molecule has 1 aliphatic heterocycles. The van der Waals surface area contributed by atoms with Crippen molar-refractivity contribution < 1.29 is 14.2 Å². The van der Waals surface area contributed by atoms with E-state index in [0.717, 1.165) is 11.6 Å². The number of rotatable bonds is 6. The molecular formula is C13H24N4O3S. The van der Waals surface area contributed by atoms with Crippen LogP contribution in [0.25, 0.3) is 0 Å². The second-order valence-corrected chi connectivity index (χ2v) is 7.49. The molecule has 1 saturated heterocycles. The summed E-state index contributed by atoms with van der Waals surface area (Å²) in [6, 6.07) is 0. The predicted octanol–water partition coefficient (Wildman–Crippen LogP) is 1.73. The lowest BCUT2D eigenvalue weighted by Crippen LogP contribution is -2.31. The summed E-state index contributed by atoms with van der Waals surface area (Å²) in [4.78, 5) is 0. The van der Waals surface area contributed by atoms with Crippen molar-refractivity contribution in [2.45, 2.75) is 68.6 Å². The Morgan fingerprint density at radius 3 is 2.52 bits per heavy atom. The van der Waals surface area contributed by atoms with Crippen LogP contribution in [0.2, 0.25) is 0 Å². The van der Waals surface area contributed by atoms with Crippen molar-refractivity contribution in [3.8, 4) is 0 Å². The third-order valence-corrected chi connectivity index (χ3v) is 5.11. The molecule has 1 atom stereocenters. The highest BCUT2D eigenvalue weighted by atomic mass is 32.2. The SMILES string of the molecule is COC(Cn1nnnc1SC1CC(C)(C)OC1(C)C)OC. The molecule has 0 aliphatic carbocycles. The summed E-state index contributed by atoms with van der Waals surface area (Å²) in [6.45, 7) is 8.91. The highest BCUT2D eigenvalue weighted by Crippen LogP contribution is 2.45. The molecule has 21 heavy (non-hydrogen) atoms. The first-order chi connectivity index (χ1) is 9.77. The normalized spacial score (nSPS) is 23.9. The van der Waals surface area contributed by atoms with Gasteiger partial charge in [-0.15, -0.1) is 5.10 Å². The van der Waals surface area contributed by atoms with Gasteiger partial charge >= 0.3 is 0 Å². The van der Waals surface area contributed by atoms with Gasteiger partial charge in [0, 0.05) is 19.5 Å². The van der Waals surface area contributed by atoms with Crippen molar-refractivity contribution in [1.29, 1.82) is 0 Å². The van der Waals surface area contributed by atoms with Crippen LogP contribution in [0, 0.1) is 0 Å². The summed E-state index contributed by atoms with van der Waals surface area (Å²) in [6.07, 6.45) is 0.590. The standard InChI is InChI=1S/C13H24N4O3S/c1-12(2)7-9(13(3,4)20-12)21-11-14-15-16-17(11)8-10(18-5)19-6/h9-10H,7-8H2,1-6H3. The zero-order valence-corrected chi connectivity index (χ0v) is 14.3. The van der Waals surface area contributed by atoms with E-state index >= 15 is 0 Å². The quantitative estimate of drug-likeness (QED) is 0.740. The molecule has 0 saturated carbocycles. The summed E-state index contributed by atoms with van der Waals surface area (Å²) in [7, 11) is 3.20. The lowest BCUT2D eigenvalue weighted by Gasteiger charge is -2.26. The van der Waals surface area contributed by atoms with Gasteiger partial charge in [0.15, 0.2) is 6.29 Å². The number of thioether (sulfide) groups is 1. The molecule has 1 aromatic rings. The zero-order chi connectivity index (χ0) is 15.7. The van der Waals surface area contributed by atoms with Crippen LogP contribution in [-0.2, 0) is 20.8 Å². The average molecular weight is 316 g/mol. The number of hydrogen-bond acceptors (Lipinski definition) is 7. The van der Waals surface area contributed by atoms with Gasteiger partial charge in [-0.2, -0.15) is 0 Å². The Hall–Kier alpha value is -0.700. The Morgan fingerprint density at radius 2 is 2.00 bits per heavy atom. The van der Waals surface area contributed by atoms with E-state index in [1.807, 2.05) is 0 Å². The molecule has 7 nitrogen and oxygen atoms in total. The summed E-state index contributed by atoms with van der Waals surface area (Å²) >= 11 is 1.65. The number of tetrazole rings is 1. The number of hydrogen-bond donors (Lipinski definition) is 0. The molecule has 1 aromatic heterocycles. The van der Waals surface area contributed by atoms with Gasteiger partial charge in [-0.3, -0.25) is 0 Å². The fourth-order valence-corrected chi connectivity index (χ4v) is 3.99. The maximum atomic E-state index is 6.11. The van der Waals surface area contributed by atoms with E-state index in [1.165, 1.54) is 0 Å². The predicted molar refractivity (Wildman–Crippen MR) is 79.1 cm³/mol. The Labute approximate surface area is 129 Å². The molecule has 120 valence electrons. The number of aromatic nitrogens is 4. The second kappa shape index (κ2) is 6.20. The topological polar surface area (TPSA) is 71.3 Å². The average Bonchev–Trinajstić information content (AvgIpc) is 2.88. The van der Waals surface area contributed by atoms with Crippen LogP contribution >= 0.6 is 11.8 Å². The first-order valence-corrected chi connectivity index (χ1v) is 7.84. The molecular weight excluding hydrogens is 292 g/mol. The van der Waals surface area contributed by atoms with E-state index in [9.17, 15) is 0 Å². The minimum absolute atomic E-state index is 0.124. The van der Waals surface area contributed by atoms with Crippen molar-refractivity contribution in [1.82, 2.24) is 20.2 Å². The van der Waals surface area contributed by atoms with Crippen LogP contribution in [0.1, 0.15) is 34.1 Å². The third-order valence-electron chi connectivity index (χ3n) is 3.59. The first kappa shape index (κ1) is 16.7. The van der Waals surface area contributed by atoms with Crippen LogP contribution in [0.5, 0.6) is 0 Å². The van der Waals surface area contributed by atoms with Crippen LogP contribution < -0.4 is 0 Å². The van der Waals surface area contributed by atoms with Crippen molar-refractivity contribution in [2.24, 2.45) is 0 Å². The lowest BCUT2D eigenvalue weighted by molar-refractivity contribution is -0.113. The van der Waals surface area contributed by atoms with E-state index in [2.05, 4.69) is 43.2 Å². The molecule has 2 heterocycles. The highest BCUT2D eigenvalue weighted by molar-refractivity contribution is 7.99. The molecule has 0 N–H and O–H groups in total. The lowest BCUT2D eigenvalue weighted by atomic mass is 10.0. The molecule has 2 rings (SSSR count). The van der Waals surface area contributed by atoms with Gasteiger partial charge in [0.05, 0.1) is 17.7 Å². The molecule has 1 aliphatic rings. The number of nitrogens with zero attached hydrogens (tertiary/aromatic N) is 4. The molecule has 0 radical (unpaired) electrons. The van der Waals surface area contributed by atoms with Crippen molar-refractivity contribution in [2.75, 3.05) is 14.2 Å². The van der Waals surface area contributed by atoms with Crippen LogP contribution in [-0.4, -0.2) is 57.2 Å². The Morgan fingerprint density at radius 1 is 1.33 bits per heavy atom. The largest absolute Gasteiger partial charge is 0.368 e. The van der Waals surface area contributed by atoms with Gasteiger partial charge in [-0.05, 0) is 44.5 Å². The van der Waals surface area contributed by atoms with Gasteiger partial charge in [0.2, 0.25) is 5.16 Å². The molecule has 0 spiro atoms. The maximum absolute atomic E-state index is 6.11. The molecule has 0 aromatic carbocycles. The van der Waals surface area contributed by atoms with E-state index in [-0.39, 0.29) is 17.5 Å². The molecule has 1 unspecified atom stereocenters. The van der Waals surface area contributed by atoms with E-state index in [4.69, 9.17) is 14.2 Å². The summed E-state index contributed by atoms with van der Waals surface area (Å²) < 4.78 is 18.2. The van der Waals surface area contributed by atoms with Gasteiger partial charge in [-0.25, -0.2) is 4.68 Å². The molecule has 0 amide bonds. The minimum atomic E-state index is -0.364. The summed E-state index contributed by atoms with van der Waals surface area (Å²) in [5, 5.41) is 12.9. The second-order valence-electron chi connectivity index (χ2n) is 6.32. The van der Waals surface area contributed by atoms with Gasteiger partial charge < -0.3 is 14.2 Å². The zero-order valence-electron chi connectivity index (χ0n) is 13.5. The van der Waals surface area contributed by atoms with Gasteiger partial charge in [0.25, 0.3) is 0 Å². The van der Waals surface area contributed by atoms with Crippen LogP contribution in [0.15, 0.2) is 5.16 Å². The third kappa shape index (κ3) is 3.94. The Kier molecular flexibility index (Phi) is 4.92. The number of ether oxygens (including phenoxy) is 3. The van der Waals surface area contributed by atoms with Crippen LogP contribution in [0.4, 0.5) is 0 Å². The highest BCUT2D eigenvalue weighted by Gasteiger charge is 2.47. The molecule has 8 heteroatoms. The fraction of sp³-hybridized carbons (Fsp3) is 0.923. The Bertz CT molecular complexity index is 474. The summed E-state index contributed by atoms with van der Waals surface area (Å²) in [5.74, 6) is 0. The van der Waals surface area contributed by atoms with Crippen LogP contribution in [0.3, 0.4) is 0 Å². The maximum Gasteiger partial charge on any atom is 0.209 e. The van der Waals surface area contributed by atoms with Gasteiger partial charge in [-0.1, -0.05) is 11.8 Å². The van der Waals surface area contributed by atoms with Crippen molar-refractivity contribution in [3.63, 3.8) is 0 Å². The van der Waals surface area contributed by atoms with E-state index in [0.29, 0.717) is 11.8 Å². The monoisotopic (exact) mass is 316 g/mol. The van der Waals surface area contributed by atoms with Crippen molar-refractivity contribution in [3.05, 3.63) is 0 Å². The Balaban J connectivity index is 2.09. The molecule has 0 bridgehead atoms. The smallest absolute Gasteiger partial charge is 0.209 e. The number of methoxy groups -OCH3 is 2. The summed E-state index contributed by atoms with van der Waals surface area (Å²) in [5.41, 5.74) is -0.339.